The van der Waals surface area contributed by atoms with Crippen LogP contribution < -0.4 is 5.32 Å². The largest absolute Gasteiger partial charge is 0.385 e. The summed E-state index contributed by atoms with van der Waals surface area (Å²) in [6.07, 6.45) is 0.906. The van der Waals surface area contributed by atoms with Gasteiger partial charge in [-0.25, -0.2) is 0 Å². The molecule has 1 N–H and O–H groups in total. The molecule has 0 fully saturated rings. The van der Waals surface area contributed by atoms with Gasteiger partial charge in [0, 0.05) is 29.2 Å². The minimum atomic E-state index is -0.0707. The molecular formula is C14H19Br2NO2. The molecule has 0 aliphatic rings. The van der Waals surface area contributed by atoms with Crippen LogP contribution in [0.5, 0.6) is 0 Å². The van der Waals surface area contributed by atoms with E-state index in [1.807, 2.05) is 18.2 Å². The van der Waals surface area contributed by atoms with Crippen LogP contribution in [-0.4, -0.2) is 26.2 Å². The van der Waals surface area contributed by atoms with E-state index in [4.69, 9.17) is 4.74 Å². The second-order valence-electron chi connectivity index (χ2n) is 5.21. The summed E-state index contributed by atoms with van der Waals surface area (Å²) in [7, 11) is 1.69. The predicted molar refractivity (Wildman–Crippen MR) is 84.4 cm³/mol. The Kier molecular flexibility index (Phi) is 6.50. The lowest BCUT2D eigenvalue weighted by Gasteiger charge is -2.24. The Morgan fingerprint density at radius 1 is 1.37 bits per heavy atom. The van der Waals surface area contributed by atoms with Gasteiger partial charge >= 0.3 is 0 Å². The SMILES string of the molecule is COCCC(C)(C)CNC(=O)c1cc(Br)ccc1Br. The van der Waals surface area contributed by atoms with Gasteiger partial charge in [-0.05, 0) is 46.0 Å². The van der Waals surface area contributed by atoms with Crippen molar-refractivity contribution in [2.45, 2.75) is 20.3 Å². The van der Waals surface area contributed by atoms with Crippen molar-refractivity contribution < 1.29 is 9.53 Å². The third kappa shape index (κ3) is 5.63. The molecule has 1 aromatic carbocycles. The highest BCUT2D eigenvalue weighted by Gasteiger charge is 2.19. The molecule has 5 heteroatoms. The van der Waals surface area contributed by atoms with Crippen LogP contribution in [0.4, 0.5) is 0 Å². The number of carbonyl (C=O) groups is 1. The Morgan fingerprint density at radius 3 is 2.68 bits per heavy atom. The van der Waals surface area contributed by atoms with E-state index in [1.165, 1.54) is 0 Å². The first kappa shape index (κ1) is 16.7. The lowest BCUT2D eigenvalue weighted by Crippen LogP contribution is -2.34. The number of carbonyl (C=O) groups excluding carboxylic acids is 1. The van der Waals surface area contributed by atoms with Crippen molar-refractivity contribution in [2.24, 2.45) is 5.41 Å². The molecule has 0 unspecified atom stereocenters. The molecule has 0 spiro atoms. The second kappa shape index (κ2) is 7.41. The number of nitrogens with one attached hydrogen (secondary N) is 1. The maximum Gasteiger partial charge on any atom is 0.252 e. The van der Waals surface area contributed by atoms with Gasteiger partial charge in [-0.15, -0.1) is 0 Å². The van der Waals surface area contributed by atoms with Gasteiger partial charge in [-0.3, -0.25) is 4.79 Å². The minimum Gasteiger partial charge on any atom is -0.385 e. The van der Waals surface area contributed by atoms with Crippen molar-refractivity contribution in [3.63, 3.8) is 0 Å². The topological polar surface area (TPSA) is 38.3 Å². The highest BCUT2D eigenvalue weighted by molar-refractivity contribution is 9.11. The van der Waals surface area contributed by atoms with Gasteiger partial charge in [0.2, 0.25) is 0 Å². The molecule has 0 aliphatic carbocycles. The molecule has 0 aliphatic heterocycles. The predicted octanol–water partition coefficient (Wildman–Crippen LogP) is 4.00. The normalized spacial score (nSPS) is 11.4. The molecule has 0 aromatic heterocycles. The van der Waals surface area contributed by atoms with Gasteiger partial charge < -0.3 is 10.1 Å². The van der Waals surface area contributed by atoms with Crippen LogP contribution in [0, 0.1) is 5.41 Å². The first-order chi connectivity index (χ1) is 8.85. The van der Waals surface area contributed by atoms with Crippen molar-refractivity contribution >= 4 is 37.8 Å². The molecule has 1 rings (SSSR count). The zero-order chi connectivity index (χ0) is 14.5. The molecule has 0 atom stereocenters. The summed E-state index contributed by atoms with van der Waals surface area (Å²) < 4.78 is 6.76. The maximum absolute atomic E-state index is 12.1. The Balaban J connectivity index is 2.62. The minimum absolute atomic E-state index is 0.0180. The van der Waals surface area contributed by atoms with Crippen LogP contribution in [0.1, 0.15) is 30.6 Å². The van der Waals surface area contributed by atoms with E-state index >= 15 is 0 Å². The summed E-state index contributed by atoms with van der Waals surface area (Å²) in [5, 5.41) is 2.97. The fraction of sp³-hybridized carbons (Fsp3) is 0.500. The van der Waals surface area contributed by atoms with E-state index in [0.29, 0.717) is 18.7 Å². The summed E-state index contributed by atoms with van der Waals surface area (Å²) in [6.45, 7) is 5.54. The van der Waals surface area contributed by atoms with Gasteiger partial charge in [-0.1, -0.05) is 29.8 Å². The first-order valence-electron chi connectivity index (χ1n) is 6.08. The molecule has 106 valence electrons. The molecule has 0 bridgehead atoms. The average molecular weight is 393 g/mol. The lowest BCUT2D eigenvalue weighted by molar-refractivity contribution is 0.0920. The standard InChI is InChI=1S/C14H19Br2NO2/c1-14(2,6-7-19-3)9-17-13(18)11-8-10(15)4-5-12(11)16/h4-5,8H,6-7,9H2,1-3H3,(H,17,18). The van der Waals surface area contributed by atoms with E-state index < -0.39 is 0 Å². The molecular weight excluding hydrogens is 374 g/mol. The highest BCUT2D eigenvalue weighted by Crippen LogP contribution is 2.23. The summed E-state index contributed by atoms with van der Waals surface area (Å²) in [5.41, 5.74) is 0.654. The van der Waals surface area contributed by atoms with E-state index in [1.54, 1.807) is 7.11 Å². The second-order valence-corrected chi connectivity index (χ2v) is 6.98. The van der Waals surface area contributed by atoms with Crippen LogP contribution in [-0.2, 0) is 4.74 Å². The number of ether oxygens (including phenoxy) is 1. The highest BCUT2D eigenvalue weighted by atomic mass is 79.9. The number of benzene rings is 1. The summed E-state index contributed by atoms with van der Waals surface area (Å²) in [6, 6.07) is 5.56. The molecule has 0 radical (unpaired) electrons. The molecule has 0 heterocycles. The average Bonchev–Trinajstić information content (AvgIpc) is 2.36. The number of hydrogen-bond donors (Lipinski definition) is 1. The Labute approximate surface area is 131 Å². The summed E-state index contributed by atoms with van der Waals surface area (Å²) in [4.78, 5) is 12.1. The van der Waals surface area contributed by atoms with Crippen LogP contribution in [0.15, 0.2) is 27.1 Å². The van der Waals surface area contributed by atoms with E-state index in [0.717, 1.165) is 15.4 Å². The number of amides is 1. The molecule has 1 amide bonds. The fourth-order valence-electron chi connectivity index (χ4n) is 1.55. The Bertz CT molecular complexity index is 447. The van der Waals surface area contributed by atoms with Crippen LogP contribution in [0.2, 0.25) is 0 Å². The van der Waals surface area contributed by atoms with Crippen molar-refractivity contribution in [2.75, 3.05) is 20.3 Å². The summed E-state index contributed by atoms with van der Waals surface area (Å²) >= 11 is 6.76. The Hall–Kier alpha value is -0.390. The van der Waals surface area contributed by atoms with Gasteiger partial charge in [0.15, 0.2) is 0 Å². The van der Waals surface area contributed by atoms with Crippen LogP contribution >= 0.6 is 31.9 Å². The van der Waals surface area contributed by atoms with Crippen molar-refractivity contribution in [3.05, 3.63) is 32.7 Å². The van der Waals surface area contributed by atoms with Gasteiger partial charge in [0.05, 0.1) is 5.56 Å². The Morgan fingerprint density at radius 2 is 2.05 bits per heavy atom. The van der Waals surface area contributed by atoms with Crippen LogP contribution in [0.3, 0.4) is 0 Å². The number of rotatable bonds is 6. The van der Waals surface area contributed by atoms with Gasteiger partial charge in [0.1, 0.15) is 0 Å². The monoisotopic (exact) mass is 391 g/mol. The smallest absolute Gasteiger partial charge is 0.252 e. The van der Waals surface area contributed by atoms with Crippen molar-refractivity contribution in [1.82, 2.24) is 5.32 Å². The van der Waals surface area contributed by atoms with Gasteiger partial charge in [0.25, 0.3) is 5.91 Å². The molecule has 0 saturated heterocycles. The molecule has 0 saturated carbocycles. The third-order valence-corrected chi connectivity index (χ3v) is 4.07. The van der Waals surface area contributed by atoms with Gasteiger partial charge in [-0.2, -0.15) is 0 Å². The van der Waals surface area contributed by atoms with Crippen molar-refractivity contribution in [1.29, 1.82) is 0 Å². The third-order valence-electron chi connectivity index (χ3n) is 2.88. The molecule has 1 aromatic rings. The zero-order valence-electron chi connectivity index (χ0n) is 11.4. The number of halogens is 2. The quantitative estimate of drug-likeness (QED) is 0.794. The van der Waals surface area contributed by atoms with E-state index in [9.17, 15) is 4.79 Å². The van der Waals surface area contributed by atoms with Crippen LogP contribution in [0.25, 0.3) is 0 Å². The molecule has 19 heavy (non-hydrogen) atoms. The van der Waals surface area contributed by atoms with Crippen molar-refractivity contribution in [3.8, 4) is 0 Å². The zero-order valence-corrected chi connectivity index (χ0v) is 14.6. The van der Waals surface area contributed by atoms with E-state index in [-0.39, 0.29) is 11.3 Å². The number of methoxy groups -OCH3 is 1. The molecule has 3 nitrogen and oxygen atoms in total. The maximum atomic E-state index is 12.1. The lowest BCUT2D eigenvalue weighted by atomic mass is 9.89. The van der Waals surface area contributed by atoms with E-state index in [2.05, 4.69) is 51.0 Å². The summed E-state index contributed by atoms with van der Waals surface area (Å²) in [5.74, 6) is -0.0707. The fourth-order valence-corrected chi connectivity index (χ4v) is 2.34. The number of hydrogen-bond acceptors (Lipinski definition) is 2. The first-order valence-corrected chi connectivity index (χ1v) is 7.66.